The van der Waals surface area contributed by atoms with Gasteiger partial charge in [0.1, 0.15) is 5.75 Å². The van der Waals surface area contributed by atoms with Crippen molar-refractivity contribution in [1.29, 1.82) is 0 Å². The van der Waals surface area contributed by atoms with E-state index in [0.717, 1.165) is 32.4 Å². The summed E-state index contributed by atoms with van der Waals surface area (Å²) in [7, 11) is 0. The Kier molecular flexibility index (Phi) is 4.36. The maximum Gasteiger partial charge on any atom is 0.228 e. The van der Waals surface area contributed by atoms with Crippen molar-refractivity contribution < 1.29 is 9.90 Å². The lowest BCUT2D eigenvalue weighted by molar-refractivity contribution is -0.141. The third kappa shape index (κ3) is 3.14. The molecule has 1 saturated heterocycles. The fraction of sp³-hybridized carbons (Fsp3) is 0.588. The average Bonchev–Trinajstić information content (AvgIpc) is 2.47. The molecular formula is C17H25NO2. The van der Waals surface area contributed by atoms with Crippen LogP contribution in [0.2, 0.25) is 0 Å². The summed E-state index contributed by atoms with van der Waals surface area (Å²) in [6.45, 7) is 7.81. The van der Waals surface area contributed by atoms with Gasteiger partial charge in [-0.05, 0) is 42.9 Å². The summed E-state index contributed by atoms with van der Waals surface area (Å²) in [5.74, 6) is 1.10. The van der Waals surface area contributed by atoms with E-state index in [1.165, 1.54) is 5.56 Å². The van der Waals surface area contributed by atoms with Crippen molar-refractivity contribution in [2.45, 2.75) is 46.0 Å². The van der Waals surface area contributed by atoms with E-state index in [0.29, 0.717) is 11.7 Å². The van der Waals surface area contributed by atoms with Gasteiger partial charge in [-0.3, -0.25) is 4.79 Å². The fourth-order valence-electron chi connectivity index (χ4n) is 2.74. The highest BCUT2D eigenvalue weighted by Crippen LogP contribution is 2.31. The van der Waals surface area contributed by atoms with Crippen molar-refractivity contribution in [2.24, 2.45) is 5.41 Å². The molecule has 1 heterocycles. The molecule has 0 bridgehead atoms. The molecule has 3 heteroatoms. The van der Waals surface area contributed by atoms with Crippen LogP contribution in [0.4, 0.5) is 0 Å². The second-order valence-corrected chi connectivity index (χ2v) is 6.40. The Balaban J connectivity index is 1.96. The zero-order valence-corrected chi connectivity index (χ0v) is 12.7. The minimum atomic E-state index is -0.245. The Morgan fingerprint density at radius 1 is 1.25 bits per heavy atom. The summed E-state index contributed by atoms with van der Waals surface area (Å²) in [5, 5.41) is 9.33. The Hall–Kier alpha value is -1.51. The maximum absolute atomic E-state index is 12.4. The second kappa shape index (κ2) is 5.86. The molecule has 1 aromatic rings. The van der Waals surface area contributed by atoms with Crippen molar-refractivity contribution in [1.82, 2.24) is 4.90 Å². The Morgan fingerprint density at radius 3 is 2.30 bits per heavy atom. The van der Waals surface area contributed by atoms with Gasteiger partial charge in [-0.1, -0.05) is 32.9 Å². The second-order valence-electron chi connectivity index (χ2n) is 6.40. The van der Waals surface area contributed by atoms with E-state index in [1.54, 1.807) is 12.1 Å². The normalized spacial score (nSPS) is 17.2. The molecule has 0 saturated carbocycles. The Morgan fingerprint density at radius 2 is 1.80 bits per heavy atom. The topological polar surface area (TPSA) is 40.5 Å². The number of benzene rings is 1. The molecule has 20 heavy (non-hydrogen) atoms. The van der Waals surface area contributed by atoms with Crippen molar-refractivity contribution in [2.75, 3.05) is 13.1 Å². The monoisotopic (exact) mass is 275 g/mol. The first kappa shape index (κ1) is 14.9. The lowest BCUT2D eigenvalue weighted by Crippen LogP contribution is -2.44. The van der Waals surface area contributed by atoms with Gasteiger partial charge in [-0.25, -0.2) is 0 Å². The van der Waals surface area contributed by atoms with Crippen molar-refractivity contribution in [3.8, 4) is 5.75 Å². The van der Waals surface area contributed by atoms with Gasteiger partial charge >= 0.3 is 0 Å². The molecule has 1 aliphatic rings. The summed E-state index contributed by atoms with van der Waals surface area (Å²) in [6, 6.07) is 7.47. The molecule has 0 aliphatic carbocycles. The van der Waals surface area contributed by atoms with Gasteiger partial charge in [0.2, 0.25) is 5.91 Å². The lowest BCUT2D eigenvalue weighted by Gasteiger charge is -2.36. The van der Waals surface area contributed by atoms with Crippen LogP contribution in [0.3, 0.4) is 0 Å². The molecule has 1 aliphatic heterocycles. The molecule has 0 radical (unpaired) electrons. The number of likely N-dealkylation sites (tertiary alicyclic amines) is 1. The molecule has 3 nitrogen and oxygen atoms in total. The summed E-state index contributed by atoms with van der Waals surface area (Å²) >= 11 is 0. The van der Waals surface area contributed by atoms with Crippen LogP contribution in [0.15, 0.2) is 24.3 Å². The quantitative estimate of drug-likeness (QED) is 0.916. The average molecular weight is 275 g/mol. The van der Waals surface area contributed by atoms with E-state index in [-0.39, 0.29) is 11.3 Å². The van der Waals surface area contributed by atoms with Crippen LogP contribution in [0.1, 0.15) is 51.5 Å². The molecular weight excluding hydrogens is 250 g/mol. The smallest absolute Gasteiger partial charge is 0.228 e. The van der Waals surface area contributed by atoms with Gasteiger partial charge in [0.15, 0.2) is 0 Å². The number of carbonyl (C=O) groups excluding carboxylic acids is 1. The van der Waals surface area contributed by atoms with E-state index in [9.17, 15) is 9.90 Å². The van der Waals surface area contributed by atoms with Crippen molar-refractivity contribution in [3.63, 3.8) is 0 Å². The SMILES string of the molecule is CCC(C)(C)C(=O)N1CCC(c2ccc(O)cc2)CC1. The highest BCUT2D eigenvalue weighted by molar-refractivity contribution is 5.82. The molecule has 1 N–H and O–H groups in total. The van der Waals surface area contributed by atoms with Gasteiger partial charge in [0.25, 0.3) is 0 Å². The standard InChI is InChI=1S/C17H25NO2/c1-4-17(2,3)16(20)18-11-9-14(10-12-18)13-5-7-15(19)8-6-13/h5-8,14,19H,4,9-12H2,1-3H3. The number of amides is 1. The molecule has 2 rings (SSSR count). The van der Waals surface area contributed by atoms with Gasteiger partial charge < -0.3 is 10.0 Å². The van der Waals surface area contributed by atoms with Crippen LogP contribution in [0, 0.1) is 5.41 Å². The predicted octanol–water partition coefficient (Wildman–Crippen LogP) is 3.53. The van der Waals surface area contributed by atoms with Crippen LogP contribution in [-0.4, -0.2) is 29.0 Å². The maximum atomic E-state index is 12.4. The molecule has 0 unspecified atom stereocenters. The van der Waals surface area contributed by atoms with Gasteiger partial charge in [0, 0.05) is 18.5 Å². The number of piperidine rings is 1. The number of hydrogen-bond donors (Lipinski definition) is 1. The molecule has 1 amide bonds. The first-order valence-corrected chi connectivity index (χ1v) is 7.52. The summed E-state index contributed by atoms with van der Waals surface area (Å²) in [6.07, 6.45) is 2.90. The van der Waals surface area contributed by atoms with Crippen molar-refractivity contribution >= 4 is 5.91 Å². The minimum Gasteiger partial charge on any atom is -0.508 e. The number of hydrogen-bond acceptors (Lipinski definition) is 2. The number of nitrogens with zero attached hydrogens (tertiary/aromatic N) is 1. The van der Waals surface area contributed by atoms with Crippen LogP contribution in [0.25, 0.3) is 0 Å². The van der Waals surface area contributed by atoms with E-state index >= 15 is 0 Å². The molecule has 0 spiro atoms. The zero-order chi connectivity index (χ0) is 14.8. The molecule has 110 valence electrons. The third-order valence-corrected chi connectivity index (χ3v) is 4.61. The van der Waals surface area contributed by atoms with Gasteiger partial charge in [0.05, 0.1) is 0 Å². The number of rotatable bonds is 3. The Labute approximate surface area is 121 Å². The van der Waals surface area contributed by atoms with Gasteiger partial charge in [-0.15, -0.1) is 0 Å². The first-order chi connectivity index (χ1) is 9.44. The largest absolute Gasteiger partial charge is 0.508 e. The lowest BCUT2D eigenvalue weighted by atomic mass is 9.85. The fourth-order valence-corrected chi connectivity index (χ4v) is 2.74. The van der Waals surface area contributed by atoms with E-state index in [4.69, 9.17) is 0 Å². The number of carbonyl (C=O) groups is 1. The summed E-state index contributed by atoms with van der Waals surface area (Å²) in [5.41, 5.74) is 1.02. The number of aromatic hydroxyl groups is 1. The van der Waals surface area contributed by atoms with Crippen LogP contribution >= 0.6 is 0 Å². The minimum absolute atomic E-state index is 0.245. The van der Waals surface area contributed by atoms with Crippen LogP contribution in [0.5, 0.6) is 5.75 Å². The highest BCUT2D eigenvalue weighted by atomic mass is 16.3. The summed E-state index contributed by atoms with van der Waals surface area (Å²) in [4.78, 5) is 14.4. The van der Waals surface area contributed by atoms with Gasteiger partial charge in [-0.2, -0.15) is 0 Å². The number of phenolic OH excluding ortho intramolecular Hbond substituents is 1. The van der Waals surface area contributed by atoms with Crippen LogP contribution < -0.4 is 0 Å². The van der Waals surface area contributed by atoms with E-state index in [1.807, 2.05) is 30.9 Å². The van der Waals surface area contributed by atoms with E-state index in [2.05, 4.69) is 6.92 Å². The van der Waals surface area contributed by atoms with E-state index < -0.39 is 0 Å². The van der Waals surface area contributed by atoms with Crippen molar-refractivity contribution in [3.05, 3.63) is 29.8 Å². The third-order valence-electron chi connectivity index (χ3n) is 4.61. The summed E-state index contributed by atoms with van der Waals surface area (Å²) < 4.78 is 0. The molecule has 0 atom stereocenters. The molecule has 0 aromatic heterocycles. The van der Waals surface area contributed by atoms with Crippen LogP contribution in [-0.2, 0) is 4.79 Å². The highest BCUT2D eigenvalue weighted by Gasteiger charge is 2.32. The Bertz CT molecular complexity index is 456. The first-order valence-electron chi connectivity index (χ1n) is 7.52. The molecule has 1 aromatic carbocycles. The number of phenols is 1. The zero-order valence-electron chi connectivity index (χ0n) is 12.7. The molecule has 1 fully saturated rings. The predicted molar refractivity (Wildman–Crippen MR) is 80.7 cm³/mol.